The van der Waals surface area contributed by atoms with Crippen LogP contribution in [-0.2, 0) is 12.8 Å². The zero-order chi connectivity index (χ0) is 12.5. The highest BCUT2D eigenvalue weighted by atomic mass is 15.1. The van der Waals surface area contributed by atoms with E-state index >= 15 is 0 Å². The summed E-state index contributed by atoms with van der Waals surface area (Å²) >= 11 is 0. The second-order valence-corrected chi connectivity index (χ2v) is 4.83. The summed E-state index contributed by atoms with van der Waals surface area (Å²) in [4.78, 5) is 4.50. The summed E-state index contributed by atoms with van der Waals surface area (Å²) in [5, 5.41) is 8.96. The van der Waals surface area contributed by atoms with Crippen molar-refractivity contribution >= 4 is 0 Å². The fraction of sp³-hybridized carbons (Fsp3) is 0.333. The van der Waals surface area contributed by atoms with Gasteiger partial charge in [0.1, 0.15) is 0 Å². The van der Waals surface area contributed by atoms with Gasteiger partial charge in [0.2, 0.25) is 0 Å². The van der Waals surface area contributed by atoms with Crippen LogP contribution in [0.1, 0.15) is 35.4 Å². The summed E-state index contributed by atoms with van der Waals surface area (Å²) in [6, 6.07) is 8.16. The predicted molar refractivity (Wildman–Crippen MR) is 69.7 cm³/mol. The number of aryl methyl sites for hydroxylation is 2. The molecule has 1 aliphatic carbocycles. The van der Waals surface area contributed by atoms with Gasteiger partial charge in [0.15, 0.2) is 0 Å². The van der Waals surface area contributed by atoms with E-state index < -0.39 is 0 Å². The lowest BCUT2D eigenvalue weighted by atomic mass is 10.0. The van der Waals surface area contributed by atoms with Gasteiger partial charge in [-0.1, -0.05) is 0 Å². The molecule has 1 aromatic carbocycles. The molecule has 0 fully saturated rings. The first-order valence-corrected chi connectivity index (χ1v) is 6.36. The fourth-order valence-electron chi connectivity index (χ4n) is 2.61. The van der Waals surface area contributed by atoms with Gasteiger partial charge in [-0.05, 0) is 56.4 Å². The Bertz CT molecular complexity index is 632. The van der Waals surface area contributed by atoms with Gasteiger partial charge < -0.3 is 4.57 Å². The van der Waals surface area contributed by atoms with Gasteiger partial charge in [-0.15, -0.1) is 0 Å². The van der Waals surface area contributed by atoms with Crippen LogP contribution in [0.3, 0.4) is 0 Å². The average molecular weight is 237 g/mol. The first-order chi connectivity index (χ1) is 8.79. The zero-order valence-electron chi connectivity index (χ0n) is 10.5. The SMILES string of the molecule is Cc1cc(-n2cnc3c2CCCC3)ccc1C#N. The molecule has 90 valence electrons. The summed E-state index contributed by atoms with van der Waals surface area (Å²) in [7, 11) is 0. The normalized spacial score (nSPS) is 14.0. The van der Waals surface area contributed by atoms with Crippen LogP contribution in [-0.4, -0.2) is 9.55 Å². The molecule has 0 atom stereocenters. The van der Waals surface area contributed by atoms with E-state index in [1.807, 2.05) is 25.4 Å². The zero-order valence-corrected chi connectivity index (χ0v) is 10.5. The molecule has 3 heteroatoms. The topological polar surface area (TPSA) is 41.6 Å². The van der Waals surface area contributed by atoms with E-state index in [4.69, 9.17) is 5.26 Å². The second kappa shape index (κ2) is 4.30. The summed E-state index contributed by atoms with van der Waals surface area (Å²) in [6.07, 6.45) is 6.60. The number of aromatic nitrogens is 2. The Hall–Kier alpha value is -2.08. The molecule has 0 amide bonds. The highest BCUT2D eigenvalue weighted by Gasteiger charge is 2.16. The molecule has 1 heterocycles. The minimum atomic E-state index is 0.743. The van der Waals surface area contributed by atoms with Gasteiger partial charge in [0.05, 0.1) is 23.7 Å². The molecule has 18 heavy (non-hydrogen) atoms. The summed E-state index contributed by atoms with van der Waals surface area (Å²) in [5.74, 6) is 0. The van der Waals surface area contributed by atoms with Gasteiger partial charge in [0.25, 0.3) is 0 Å². The van der Waals surface area contributed by atoms with E-state index in [-0.39, 0.29) is 0 Å². The standard InChI is InChI=1S/C15H15N3/c1-11-8-13(7-6-12(11)9-16)18-10-17-14-4-2-3-5-15(14)18/h6-8,10H,2-5H2,1H3. The van der Waals surface area contributed by atoms with E-state index in [1.165, 1.54) is 24.2 Å². The minimum Gasteiger partial charge on any atom is -0.303 e. The maximum atomic E-state index is 8.96. The van der Waals surface area contributed by atoms with Crippen molar-refractivity contribution in [3.63, 3.8) is 0 Å². The molecule has 0 saturated heterocycles. The lowest BCUT2D eigenvalue weighted by Gasteiger charge is -2.14. The number of hydrogen-bond donors (Lipinski definition) is 0. The number of imidazole rings is 1. The second-order valence-electron chi connectivity index (χ2n) is 4.83. The summed E-state index contributed by atoms with van der Waals surface area (Å²) in [5.41, 5.74) is 5.46. The molecular weight excluding hydrogens is 222 g/mol. The fourth-order valence-corrected chi connectivity index (χ4v) is 2.61. The van der Waals surface area contributed by atoms with Crippen LogP contribution in [0.25, 0.3) is 5.69 Å². The number of rotatable bonds is 1. The number of nitriles is 1. The lowest BCUT2D eigenvalue weighted by Crippen LogP contribution is -2.07. The van der Waals surface area contributed by atoms with E-state index in [9.17, 15) is 0 Å². The van der Waals surface area contributed by atoms with Crippen LogP contribution in [0.5, 0.6) is 0 Å². The van der Waals surface area contributed by atoms with Crippen molar-refractivity contribution in [3.05, 3.63) is 47.0 Å². The van der Waals surface area contributed by atoms with Crippen molar-refractivity contribution in [2.24, 2.45) is 0 Å². The highest BCUT2D eigenvalue weighted by molar-refractivity contribution is 5.46. The molecule has 3 rings (SSSR count). The maximum Gasteiger partial charge on any atom is 0.0997 e. The Labute approximate surface area is 107 Å². The van der Waals surface area contributed by atoms with Crippen LogP contribution in [0.15, 0.2) is 24.5 Å². The van der Waals surface area contributed by atoms with Crippen molar-refractivity contribution in [1.82, 2.24) is 9.55 Å². The third-order valence-electron chi connectivity index (χ3n) is 3.64. The molecule has 1 aromatic heterocycles. The van der Waals surface area contributed by atoms with Crippen LogP contribution in [0.2, 0.25) is 0 Å². The first kappa shape index (κ1) is 11.0. The summed E-state index contributed by atoms with van der Waals surface area (Å²) < 4.78 is 2.17. The maximum absolute atomic E-state index is 8.96. The molecule has 0 bridgehead atoms. The van der Waals surface area contributed by atoms with Gasteiger partial charge in [0, 0.05) is 11.4 Å². The summed E-state index contributed by atoms with van der Waals surface area (Å²) in [6.45, 7) is 1.98. The number of benzene rings is 1. The van der Waals surface area contributed by atoms with Gasteiger partial charge in [-0.2, -0.15) is 5.26 Å². The van der Waals surface area contributed by atoms with Crippen molar-refractivity contribution in [2.75, 3.05) is 0 Å². The Morgan fingerprint density at radius 2 is 2.11 bits per heavy atom. The van der Waals surface area contributed by atoms with Crippen molar-refractivity contribution in [1.29, 1.82) is 5.26 Å². The molecular formula is C15H15N3. The van der Waals surface area contributed by atoms with Gasteiger partial charge in [-0.3, -0.25) is 0 Å². The van der Waals surface area contributed by atoms with Gasteiger partial charge >= 0.3 is 0 Å². The third-order valence-corrected chi connectivity index (χ3v) is 3.64. The van der Waals surface area contributed by atoms with E-state index in [2.05, 4.69) is 21.7 Å². The van der Waals surface area contributed by atoms with E-state index in [1.54, 1.807) is 0 Å². The third kappa shape index (κ3) is 1.70. The number of hydrogen-bond acceptors (Lipinski definition) is 2. The monoisotopic (exact) mass is 237 g/mol. The molecule has 2 aromatic rings. The lowest BCUT2D eigenvalue weighted by molar-refractivity contribution is 0.656. The molecule has 1 aliphatic rings. The molecule has 0 radical (unpaired) electrons. The molecule has 0 saturated carbocycles. The Kier molecular flexibility index (Phi) is 2.64. The molecule has 0 spiro atoms. The quantitative estimate of drug-likeness (QED) is 0.765. The molecule has 0 aliphatic heterocycles. The van der Waals surface area contributed by atoms with Crippen molar-refractivity contribution in [2.45, 2.75) is 32.6 Å². The van der Waals surface area contributed by atoms with Crippen LogP contribution < -0.4 is 0 Å². The first-order valence-electron chi connectivity index (χ1n) is 6.36. The van der Waals surface area contributed by atoms with Crippen LogP contribution >= 0.6 is 0 Å². The highest BCUT2D eigenvalue weighted by Crippen LogP contribution is 2.24. The van der Waals surface area contributed by atoms with E-state index in [0.717, 1.165) is 29.7 Å². The molecule has 3 nitrogen and oxygen atoms in total. The Morgan fingerprint density at radius 1 is 1.28 bits per heavy atom. The van der Waals surface area contributed by atoms with Crippen molar-refractivity contribution < 1.29 is 0 Å². The van der Waals surface area contributed by atoms with Crippen molar-refractivity contribution in [3.8, 4) is 11.8 Å². The molecule has 0 unspecified atom stereocenters. The van der Waals surface area contributed by atoms with Gasteiger partial charge in [-0.25, -0.2) is 4.98 Å². The Balaban J connectivity index is 2.08. The molecule has 0 N–H and O–H groups in total. The number of nitrogens with zero attached hydrogens (tertiary/aromatic N) is 3. The average Bonchev–Trinajstić information content (AvgIpc) is 2.82. The van der Waals surface area contributed by atoms with Crippen LogP contribution in [0, 0.1) is 18.3 Å². The van der Waals surface area contributed by atoms with Crippen LogP contribution in [0.4, 0.5) is 0 Å². The predicted octanol–water partition coefficient (Wildman–Crippen LogP) is 2.93. The minimum absolute atomic E-state index is 0.743. The largest absolute Gasteiger partial charge is 0.303 e. The smallest absolute Gasteiger partial charge is 0.0997 e. The number of fused-ring (bicyclic) bond motifs is 1. The Morgan fingerprint density at radius 3 is 2.89 bits per heavy atom. The van der Waals surface area contributed by atoms with E-state index in [0.29, 0.717) is 0 Å².